The molecule has 0 spiro atoms. The Labute approximate surface area is 166 Å². The Morgan fingerprint density at radius 2 is 1.89 bits per heavy atom. The average Bonchev–Trinajstić information content (AvgIpc) is 2.67. The number of aromatic nitrogens is 2. The van der Waals surface area contributed by atoms with E-state index in [1.807, 2.05) is 37.3 Å². The Balaban J connectivity index is 1.63. The molecule has 2 aromatic carbocycles. The summed E-state index contributed by atoms with van der Waals surface area (Å²) in [6, 6.07) is 17.2. The normalized spacial score (nSPS) is 11.8. The van der Waals surface area contributed by atoms with Gasteiger partial charge in [0.25, 0.3) is 5.56 Å². The van der Waals surface area contributed by atoms with Gasteiger partial charge < -0.3 is 10.3 Å². The van der Waals surface area contributed by atoms with E-state index in [1.54, 1.807) is 18.2 Å². The summed E-state index contributed by atoms with van der Waals surface area (Å²) in [7, 11) is 0. The highest BCUT2D eigenvalue weighted by atomic mass is 32.2. The molecule has 1 unspecified atom stereocenters. The molecule has 1 aromatic heterocycles. The zero-order valence-corrected chi connectivity index (χ0v) is 16.1. The van der Waals surface area contributed by atoms with Crippen molar-refractivity contribution in [2.45, 2.75) is 30.3 Å². The number of amides is 1. The minimum Gasteiger partial charge on any atom is -0.349 e. The Morgan fingerprint density at radius 3 is 2.64 bits per heavy atom. The van der Waals surface area contributed by atoms with Gasteiger partial charge in [-0.3, -0.25) is 9.59 Å². The number of carbonyl (C=O) groups excluding carboxylic acids is 1. The standard InChI is InChI=1S/C21H20FN3O2S/c1-14(15-7-3-2-4-8-15)23-19(26)11-17-12-20(27)25-21(24-17)28-13-16-9-5-6-10-18(16)22/h2-10,12,14H,11,13H2,1H3,(H,23,26)(H,24,25,27). The summed E-state index contributed by atoms with van der Waals surface area (Å²) in [4.78, 5) is 31.2. The number of benzene rings is 2. The van der Waals surface area contributed by atoms with Crippen molar-refractivity contribution in [3.8, 4) is 0 Å². The van der Waals surface area contributed by atoms with E-state index < -0.39 is 0 Å². The van der Waals surface area contributed by atoms with Gasteiger partial charge in [-0.1, -0.05) is 60.3 Å². The third-order valence-corrected chi connectivity index (χ3v) is 5.04. The minimum absolute atomic E-state index is 0.00560. The number of halogens is 1. The average molecular weight is 397 g/mol. The number of thioether (sulfide) groups is 1. The molecule has 0 aliphatic carbocycles. The number of hydrogen-bond acceptors (Lipinski definition) is 4. The van der Waals surface area contributed by atoms with Crippen LogP contribution in [-0.2, 0) is 17.0 Å². The lowest BCUT2D eigenvalue weighted by Gasteiger charge is -2.14. The van der Waals surface area contributed by atoms with E-state index in [2.05, 4.69) is 15.3 Å². The summed E-state index contributed by atoms with van der Waals surface area (Å²) >= 11 is 1.22. The van der Waals surface area contributed by atoms with E-state index >= 15 is 0 Å². The van der Waals surface area contributed by atoms with Crippen LogP contribution in [0.15, 0.2) is 70.6 Å². The first-order valence-corrected chi connectivity index (χ1v) is 9.80. The third-order valence-electron chi connectivity index (χ3n) is 4.11. The lowest BCUT2D eigenvalue weighted by molar-refractivity contribution is -0.121. The molecule has 2 N–H and O–H groups in total. The number of nitrogens with one attached hydrogen (secondary N) is 2. The van der Waals surface area contributed by atoms with E-state index in [9.17, 15) is 14.0 Å². The van der Waals surface area contributed by atoms with E-state index in [4.69, 9.17) is 0 Å². The van der Waals surface area contributed by atoms with Crippen molar-refractivity contribution >= 4 is 17.7 Å². The van der Waals surface area contributed by atoms with Gasteiger partial charge >= 0.3 is 0 Å². The Bertz CT molecular complexity index is 1010. The fourth-order valence-electron chi connectivity index (χ4n) is 2.69. The SMILES string of the molecule is CC(NC(=O)Cc1cc(=O)[nH]c(SCc2ccccc2F)n1)c1ccccc1. The van der Waals surface area contributed by atoms with Crippen LogP contribution < -0.4 is 10.9 Å². The number of H-pyrrole nitrogens is 1. The number of rotatable bonds is 7. The predicted octanol–water partition coefficient (Wildman–Crippen LogP) is 3.62. The molecule has 0 saturated heterocycles. The zero-order chi connectivity index (χ0) is 19.9. The van der Waals surface area contributed by atoms with Crippen LogP contribution in [0.2, 0.25) is 0 Å². The van der Waals surface area contributed by atoms with E-state index in [0.717, 1.165) is 5.56 Å². The van der Waals surface area contributed by atoms with Gasteiger partial charge in [-0.15, -0.1) is 0 Å². The lowest BCUT2D eigenvalue weighted by Crippen LogP contribution is -2.29. The molecule has 0 aliphatic rings. The van der Waals surface area contributed by atoms with Crippen LogP contribution >= 0.6 is 11.8 Å². The summed E-state index contributed by atoms with van der Waals surface area (Å²) in [5, 5.41) is 3.26. The predicted molar refractivity (Wildman–Crippen MR) is 108 cm³/mol. The van der Waals surface area contributed by atoms with Crippen LogP contribution in [0.4, 0.5) is 4.39 Å². The van der Waals surface area contributed by atoms with Gasteiger partial charge in [0.15, 0.2) is 5.16 Å². The second kappa shape index (κ2) is 9.32. The second-order valence-electron chi connectivity index (χ2n) is 6.30. The van der Waals surface area contributed by atoms with Gasteiger partial charge in [0.1, 0.15) is 5.82 Å². The van der Waals surface area contributed by atoms with Crippen molar-refractivity contribution < 1.29 is 9.18 Å². The van der Waals surface area contributed by atoms with Gasteiger partial charge in [0, 0.05) is 11.8 Å². The van der Waals surface area contributed by atoms with E-state index in [-0.39, 0.29) is 29.7 Å². The molecule has 1 amide bonds. The topological polar surface area (TPSA) is 74.8 Å². The number of nitrogens with zero attached hydrogens (tertiary/aromatic N) is 1. The highest BCUT2D eigenvalue weighted by Gasteiger charge is 2.12. The highest BCUT2D eigenvalue weighted by Crippen LogP contribution is 2.20. The third kappa shape index (κ3) is 5.53. The molecular formula is C21H20FN3O2S. The first kappa shape index (κ1) is 19.8. The molecule has 5 nitrogen and oxygen atoms in total. The lowest BCUT2D eigenvalue weighted by atomic mass is 10.1. The molecule has 0 radical (unpaired) electrons. The maximum atomic E-state index is 13.7. The highest BCUT2D eigenvalue weighted by molar-refractivity contribution is 7.98. The smallest absolute Gasteiger partial charge is 0.251 e. The molecule has 0 saturated carbocycles. The van der Waals surface area contributed by atoms with Gasteiger partial charge in [0.2, 0.25) is 5.91 Å². The van der Waals surface area contributed by atoms with Gasteiger partial charge in [-0.05, 0) is 24.1 Å². The van der Waals surface area contributed by atoms with E-state index in [0.29, 0.717) is 22.2 Å². The second-order valence-corrected chi connectivity index (χ2v) is 7.26. The van der Waals surface area contributed by atoms with Crippen LogP contribution in [0.3, 0.4) is 0 Å². The van der Waals surface area contributed by atoms with Crippen molar-refractivity contribution in [3.05, 3.63) is 93.7 Å². The first-order chi connectivity index (χ1) is 13.5. The van der Waals surface area contributed by atoms with Crippen LogP contribution in [0, 0.1) is 5.82 Å². The largest absolute Gasteiger partial charge is 0.349 e. The van der Waals surface area contributed by atoms with Crippen molar-refractivity contribution in [2.24, 2.45) is 0 Å². The van der Waals surface area contributed by atoms with Crippen LogP contribution in [0.1, 0.15) is 29.8 Å². The molecular weight excluding hydrogens is 377 g/mol. The van der Waals surface area contributed by atoms with Crippen molar-refractivity contribution in [2.75, 3.05) is 0 Å². The molecule has 3 rings (SSSR count). The van der Waals surface area contributed by atoms with Crippen LogP contribution in [-0.4, -0.2) is 15.9 Å². The van der Waals surface area contributed by atoms with Gasteiger partial charge in [-0.2, -0.15) is 0 Å². The zero-order valence-electron chi connectivity index (χ0n) is 15.3. The Hall–Kier alpha value is -2.93. The Kier molecular flexibility index (Phi) is 6.60. The minimum atomic E-state index is -0.343. The van der Waals surface area contributed by atoms with Gasteiger partial charge in [0.05, 0.1) is 18.2 Å². The van der Waals surface area contributed by atoms with Crippen LogP contribution in [0.25, 0.3) is 0 Å². The number of carbonyl (C=O) groups is 1. The van der Waals surface area contributed by atoms with Crippen molar-refractivity contribution in [3.63, 3.8) is 0 Å². The molecule has 1 heterocycles. The first-order valence-electron chi connectivity index (χ1n) is 8.82. The molecule has 0 bridgehead atoms. The molecule has 1 atom stereocenters. The summed E-state index contributed by atoms with van der Waals surface area (Å²) in [5.41, 5.74) is 1.55. The maximum absolute atomic E-state index is 13.7. The summed E-state index contributed by atoms with van der Waals surface area (Å²) < 4.78 is 13.7. The molecule has 0 fully saturated rings. The molecule has 28 heavy (non-hydrogen) atoms. The molecule has 144 valence electrons. The fourth-order valence-corrected chi connectivity index (χ4v) is 3.57. The monoisotopic (exact) mass is 397 g/mol. The van der Waals surface area contributed by atoms with E-state index in [1.165, 1.54) is 23.9 Å². The van der Waals surface area contributed by atoms with Crippen molar-refractivity contribution in [1.82, 2.24) is 15.3 Å². The quantitative estimate of drug-likeness (QED) is 0.472. The summed E-state index contributed by atoms with van der Waals surface area (Å²) in [6.07, 6.45) is -0.00560. The Morgan fingerprint density at radius 1 is 1.18 bits per heavy atom. The number of hydrogen-bond donors (Lipinski definition) is 2. The van der Waals surface area contributed by atoms with Crippen molar-refractivity contribution in [1.29, 1.82) is 0 Å². The van der Waals surface area contributed by atoms with Gasteiger partial charge in [-0.25, -0.2) is 9.37 Å². The molecule has 7 heteroatoms. The van der Waals surface area contributed by atoms with Crippen LogP contribution in [0.5, 0.6) is 0 Å². The summed E-state index contributed by atoms with van der Waals surface area (Å²) in [6.45, 7) is 1.90. The number of aromatic amines is 1. The maximum Gasteiger partial charge on any atom is 0.251 e. The summed E-state index contributed by atoms with van der Waals surface area (Å²) in [5.74, 6) is -0.196. The fraction of sp³-hybridized carbons (Fsp3) is 0.190. The molecule has 0 aliphatic heterocycles. The molecule has 3 aromatic rings.